The van der Waals surface area contributed by atoms with Gasteiger partial charge in [0.15, 0.2) is 0 Å². The van der Waals surface area contributed by atoms with E-state index in [4.69, 9.17) is 4.42 Å². The second-order valence-corrected chi connectivity index (χ2v) is 10.7. The summed E-state index contributed by atoms with van der Waals surface area (Å²) in [6.07, 6.45) is 3.18. The van der Waals surface area contributed by atoms with Gasteiger partial charge in [-0.3, -0.25) is 0 Å². The molecular formula is C24H28N2O3S. The normalized spacial score (nSPS) is 15.4. The second kappa shape index (κ2) is 7.91. The van der Waals surface area contributed by atoms with Crippen molar-refractivity contribution in [2.24, 2.45) is 0 Å². The van der Waals surface area contributed by atoms with Crippen LogP contribution in [0.2, 0.25) is 0 Å². The maximum atomic E-state index is 13.4. The van der Waals surface area contributed by atoms with Crippen LogP contribution in [0, 0.1) is 0 Å². The molecule has 0 saturated carbocycles. The molecule has 0 unspecified atom stereocenters. The van der Waals surface area contributed by atoms with Crippen LogP contribution in [0.3, 0.4) is 0 Å². The summed E-state index contributed by atoms with van der Waals surface area (Å²) in [5, 5.41) is 0.00509. The lowest BCUT2D eigenvalue weighted by Gasteiger charge is -2.26. The topological polar surface area (TPSA) is 63.4 Å². The monoisotopic (exact) mass is 424 g/mol. The molecule has 0 bridgehead atoms. The Kier molecular flexibility index (Phi) is 5.45. The summed E-state index contributed by atoms with van der Waals surface area (Å²) >= 11 is 0. The molecule has 1 aromatic heterocycles. The number of piperidine rings is 1. The van der Waals surface area contributed by atoms with Crippen LogP contribution < -0.4 is 4.90 Å². The Bertz CT molecular complexity index is 1110. The maximum absolute atomic E-state index is 13.4. The number of sulfone groups is 1. The standard InChI is InChI=1S/C24H28N2O3S/c1-24(2,3)19-14-12-18(13-15-19)21-25-22(23(29-21)26-16-8-5-9-17-26)30(27,28)20-10-6-4-7-11-20/h4,6-7,10-15H,5,8-9,16-17H2,1-3H3. The highest BCUT2D eigenvalue weighted by atomic mass is 32.2. The van der Waals surface area contributed by atoms with E-state index in [0.717, 1.165) is 37.9 Å². The average molecular weight is 425 g/mol. The minimum Gasteiger partial charge on any atom is -0.419 e. The number of oxazole rings is 1. The Hall–Kier alpha value is -2.60. The van der Waals surface area contributed by atoms with E-state index in [0.29, 0.717) is 11.8 Å². The van der Waals surface area contributed by atoms with Gasteiger partial charge in [-0.1, -0.05) is 51.1 Å². The summed E-state index contributed by atoms with van der Waals surface area (Å²) < 4.78 is 32.9. The van der Waals surface area contributed by atoms with Crippen molar-refractivity contribution >= 4 is 15.7 Å². The lowest BCUT2D eigenvalue weighted by atomic mass is 9.87. The molecule has 1 aliphatic rings. The van der Waals surface area contributed by atoms with Gasteiger partial charge in [-0.2, -0.15) is 4.98 Å². The molecule has 3 aromatic rings. The van der Waals surface area contributed by atoms with E-state index in [-0.39, 0.29) is 15.3 Å². The van der Waals surface area contributed by atoms with Gasteiger partial charge in [-0.25, -0.2) is 8.42 Å². The Labute approximate surface area is 178 Å². The van der Waals surface area contributed by atoms with Crippen molar-refractivity contribution in [1.29, 1.82) is 0 Å². The van der Waals surface area contributed by atoms with E-state index in [1.54, 1.807) is 30.3 Å². The molecule has 30 heavy (non-hydrogen) atoms. The molecule has 1 fully saturated rings. The zero-order valence-electron chi connectivity index (χ0n) is 17.8. The molecule has 6 heteroatoms. The molecule has 2 aromatic carbocycles. The largest absolute Gasteiger partial charge is 0.419 e. The van der Waals surface area contributed by atoms with Crippen molar-refractivity contribution in [3.05, 3.63) is 60.2 Å². The fraction of sp³-hybridized carbons (Fsp3) is 0.375. The Morgan fingerprint density at radius 3 is 2.13 bits per heavy atom. The number of hydrogen-bond acceptors (Lipinski definition) is 5. The molecule has 1 aliphatic heterocycles. The SMILES string of the molecule is CC(C)(C)c1ccc(-c2nc(S(=O)(=O)c3ccccc3)c(N3CCCCC3)o2)cc1. The number of nitrogens with zero attached hydrogens (tertiary/aromatic N) is 2. The lowest BCUT2D eigenvalue weighted by Crippen LogP contribution is -2.30. The molecule has 0 N–H and O–H groups in total. The van der Waals surface area contributed by atoms with E-state index in [1.807, 2.05) is 29.2 Å². The first-order chi connectivity index (χ1) is 14.3. The molecule has 4 rings (SSSR count). The van der Waals surface area contributed by atoms with Crippen LogP contribution in [0.5, 0.6) is 0 Å². The number of aromatic nitrogens is 1. The van der Waals surface area contributed by atoms with E-state index >= 15 is 0 Å². The van der Waals surface area contributed by atoms with Gasteiger partial charge in [0.05, 0.1) is 4.90 Å². The van der Waals surface area contributed by atoms with Crippen LogP contribution in [0.4, 0.5) is 5.88 Å². The molecule has 5 nitrogen and oxygen atoms in total. The van der Waals surface area contributed by atoms with Crippen molar-refractivity contribution in [3.63, 3.8) is 0 Å². The predicted molar refractivity (Wildman–Crippen MR) is 119 cm³/mol. The molecule has 0 spiro atoms. The molecule has 0 amide bonds. The van der Waals surface area contributed by atoms with Gasteiger partial charge in [-0.05, 0) is 54.5 Å². The summed E-state index contributed by atoms with van der Waals surface area (Å²) in [5.74, 6) is 0.694. The lowest BCUT2D eigenvalue weighted by molar-refractivity contribution is 0.499. The maximum Gasteiger partial charge on any atom is 0.236 e. The fourth-order valence-corrected chi connectivity index (χ4v) is 5.06. The molecule has 158 valence electrons. The average Bonchev–Trinajstić information content (AvgIpc) is 3.21. The van der Waals surface area contributed by atoms with Gasteiger partial charge in [0.1, 0.15) is 0 Å². The highest BCUT2D eigenvalue weighted by Gasteiger charge is 2.32. The molecule has 1 saturated heterocycles. The summed E-state index contributed by atoms with van der Waals surface area (Å²) in [6, 6.07) is 16.4. The highest BCUT2D eigenvalue weighted by Crippen LogP contribution is 2.36. The van der Waals surface area contributed by atoms with Crippen molar-refractivity contribution in [2.45, 2.75) is 55.4 Å². The van der Waals surface area contributed by atoms with Gasteiger partial charge in [0, 0.05) is 18.7 Å². The third-order valence-corrected chi connectivity index (χ3v) is 7.20. The minimum absolute atomic E-state index is 0.00509. The Morgan fingerprint density at radius 2 is 1.53 bits per heavy atom. The fourth-order valence-electron chi connectivity index (χ4n) is 3.72. The third-order valence-electron chi connectivity index (χ3n) is 5.53. The van der Waals surface area contributed by atoms with Crippen LogP contribution in [0.1, 0.15) is 45.6 Å². The van der Waals surface area contributed by atoms with Crippen molar-refractivity contribution in [2.75, 3.05) is 18.0 Å². The van der Waals surface area contributed by atoms with Gasteiger partial charge in [-0.15, -0.1) is 0 Å². The van der Waals surface area contributed by atoms with Crippen LogP contribution >= 0.6 is 0 Å². The van der Waals surface area contributed by atoms with E-state index < -0.39 is 9.84 Å². The predicted octanol–water partition coefficient (Wildman–Crippen LogP) is 5.46. The van der Waals surface area contributed by atoms with Gasteiger partial charge in [0.2, 0.25) is 26.6 Å². The molecule has 2 heterocycles. The molecule has 0 aliphatic carbocycles. The second-order valence-electron chi connectivity index (χ2n) is 8.82. The minimum atomic E-state index is -3.78. The van der Waals surface area contributed by atoms with Gasteiger partial charge >= 0.3 is 0 Å². The van der Waals surface area contributed by atoms with Crippen LogP contribution in [-0.4, -0.2) is 26.5 Å². The van der Waals surface area contributed by atoms with Crippen molar-refractivity contribution in [1.82, 2.24) is 4.98 Å². The zero-order chi connectivity index (χ0) is 21.4. The third kappa shape index (κ3) is 4.01. The summed E-state index contributed by atoms with van der Waals surface area (Å²) in [6.45, 7) is 8.02. The quantitative estimate of drug-likeness (QED) is 0.556. The molecule has 0 atom stereocenters. The molecular weight excluding hydrogens is 396 g/mol. The van der Waals surface area contributed by atoms with Crippen LogP contribution in [0.15, 0.2) is 68.9 Å². The van der Waals surface area contributed by atoms with Crippen molar-refractivity contribution in [3.8, 4) is 11.5 Å². The van der Waals surface area contributed by atoms with E-state index in [9.17, 15) is 8.42 Å². The number of hydrogen-bond donors (Lipinski definition) is 0. The summed E-state index contributed by atoms with van der Waals surface area (Å²) in [7, 11) is -3.78. The number of rotatable bonds is 4. The Balaban J connectivity index is 1.80. The number of anilines is 1. The first-order valence-electron chi connectivity index (χ1n) is 10.4. The first kappa shape index (κ1) is 20.7. The van der Waals surface area contributed by atoms with Gasteiger partial charge < -0.3 is 9.32 Å². The van der Waals surface area contributed by atoms with Crippen molar-refractivity contribution < 1.29 is 12.8 Å². The zero-order valence-corrected chi connectivity index (χ0v) is 18.6. The van der Waals surface area contributed by atoms with E-state index in [2.05, 4.69) is 25.8 Å². The number of benzene rings is 2. The Morgan fingerprint density at radius 1 is 0.900 bits per heavy atom. The molecule has 0 radical (unpaired) electrons. The van der Waals surface area contributed by atoms with Crippen LogP contribution in [-0.2, 0) is 15.3 Å². The summed E-state index contributed by atoms with van der Waals surface area (Å²) in [4.78, 5) is 6.74. The summed E-state index contributed by atoms with van der Waals surface area (Å²) in [5.41, 5.74) is 2.01. The highest BCUT2D eigenvalue weighted by molar-refractivity contribution is 7.91. The first-order valence-corrected chi connectivity index (χ1v) is 11.9. The smallest absolute Gasteiger partial charge is 0.236 e. The van der Waals surface area contributed by atoms with Gasteiger partial charge in [0.25, 0.3) is 0 Å². The van der Waals surface area contributed by atoms with E-state index in [1.165, 1.54) is 5.56 Å². The van der Waals surface area contributed by atoms with Crippen LogP contribution in [0.25, 0.3) is 11.5 Å².